The average Bonchev–Trinajstić information content (AvgIpc) is 3.19. The quantitative estimate of drug-likeness (QED) is 0.468. The Balaban J connectivity index is 1.31. The van der Waals surface area contributed by atoms with Gasteiger partial charge in [-0.1, -0.05) is 59.8 Å². The maximum atomic E-state index is 11.9. The second-order valence-electron chi connectivity index (χ2n) is 6.28. The van der Waals surface area contributed by atoms with E-state index >= 15 is 0 Å². The van der Waals surface area contributed by atoms with Gasteiger partial charge in [-0.2, -0.15) is 4.98 Å². The molecule has 4 rings (SSSR count). The SMILES string of the molecule is Cc1ccccc1-c1noc(COC(=O)COc2ccc3ccccc3c2)n1. The van der Waals surface area contributed by atoms with Crippen LogP contribution in [0.3, 0.4) is 0 Å². The van der Waals surface area contributed by atoms with Gasteiger partial charge in [-0.25, -0.2) is 4.79 Å². The van der Waals surface area contributed by atoms with E-state index < -0.39 is 5.97 Å². The van der Waals surface area contributed by atoms with E-state index in [1.54, 1.807) is 0 Å². The molecule has 0 aliphatic heterocycles. The highest BCUT2D eigenvalue weighted by Crippen LogP contribution is 2.21. The van der Waals surface area contributed by atoms with Crippen LogP contribution in [0.2, 0.25) is 0 Å². The highest BCUT2D eigenvalue weighted by atomic mass is 16.6. The molecule has 0 N–H and O–H groups in total. The van der Waals surface area contributed by atoms with Crippen molar-refractivity contribution >= 4 is 16.7 Å². The summed E-state index contributed by atoms with van der Waals surface area (Å²) in [5.74, 6) is 0.799. The number of aryl methyl sites for hydroxylation is 1. The lowest BCUT2D eigenvalue weighted by atomic mass is 10.1. The van der Waals surface area contributed by atoms with Crippen molar-refractivity contribution in [3.63, 3.8) is 0 Å². The van der Waals surface area contributed by atoms with Gasteiger partial charge in [-0.3, -0.25) is 0 Å². The fourth-order valence-corrected chi connectivity index (χ4v) is 2.83. The molecule has 0 saturated carbocycles. The molecular formula is C22H18N2O4. The molecule has 28 heavy (non-hydrogen) atoms. The molecule has 1 aromatic heterocycles. The largest absolute Gasteiger partial charge is 0.482 e. The first-order chi connectivity index (χ1) is 13.7. The zero-order valence-corrected chi connectivity index (χ0v) is 15.3. The monoisotopic (exact) mass is 374 g/mol. The van der Waals surface area contributed by atoms with Crippen molar-refractivity contribution in [3.8, 4) is 17.1 Å². The number of carbonyl (C=O) groups excluding carboxylic acids is 1. The standard InChI is InChI=1S/C22H18N2O4/c1-15-6-2-5-9-19(15)22-23-20(28-24-22)13-27-21(25)14-26-18-11-10-16-7-3-4-8-17(16)12-18/h2-12H,13-14H2,1H3. The molecule has 0 bridgehead atoms. The minimum atomic E-state index is -0.510. The predicted octanol–water partition coefficient (Wildman–Crippen LogP) is 4.32. The second-order valence-corrected chi connectivity index (χ2v) is 6.28. The van der Waals surface area contributed by atoms with Crippen molar-refractivity contribution in [1.29, 1.82) is 0 Å². The number of nitrogens with zero attached hydrogens (tertiary/aromatic N) is 2. The summed E-state index contributed by atoms with van der Waals surface area (Å²) in [6, 6.07) is 21.3. The molecule has 0 spiro atoms. The Hall–Kier alpha value is -3.67. The molecule has 0 aliphatic carbocycles. The van der Waals surface area contributed by atoms with Crippen LogP contribution in [0.15, 0.2) is 71.3 Å². The zero-order valence-electron chi connectivity index (χ0n) is 15.3. The van der Waals surface area contributed by atoms with Crippen LogP contribution in [-0.4, -0.2) is 22.7 Å². The summed E-state index contributed by atoms with van der Waals surface area (Å²) in [4.78, 5) is 16.2. The van der Waals surface area contributed by atoms with Gasteiger partial charge in [-0.15, -0.1) is 0 Å². The van der Waals surface area contributed by atoms with E-state index in [1.807, 2.05) is 73.7 Å². The molecular weight excluding hydrogens is 356 g/mol. The molecule has 0 unspecified atom stereocenters. The van der Waals surface area contributed by atoms with E-state index in [-0.39, 0.29) is 19.1 Å². The molecule has 0 fully saturated rings. The van der Waals surface area contributed by atoms with E-state index in [4.69, 9.17) is 14.0 Å². The molecule has 0 atom stereocenters. The minimum absolute atomic E-state index is 0.0984. The van der Waals surface area contributed by atoms with Crippen molar-refractivity contribution in [2.24, 2.45) is 0 Å². The van der Waals surface area contributed by atoms with Crippen LogP contribution in [0.1, 0.15) is 11.5 Å². The van der Waals surface area contributed by atoms with Crippen LogP contribution in [0.25, 0.3) is 22.2 Å². The summed E-state index contributed by atoms with van der Waals surface area (Å²) < 4.78 is 15.8. The molecule has 6 heteroatoms. The summed E-state index contributed by atoms with van der Waals surface area (Å²) in [6.45, 7) is 1.67. The number of aromatic nitrogens is 2. The Morgan fingerprint density at radius 3 is 2.64 bits per heavy atom. The summed E-state index contributed by atoms with van der Waals surface area (Å²) in [5, 5.41) is 6.09. The third-order valence-corrected chi connectivity index (χ3v) is 4.29. The first kappa shape index (κ1) is 17.7. The number of esters is 1. The number of rotatable bonds is 6. The Morgan fingerprint density at radius 2 is 1.79 bits per heavy atom. The predicted molar refractivity (Wildman–Crippen MR) is 104 cm³/mol. The third kappa shape index (κ3) is 4.01. The molecule has 0 amide bonds. The van der Waals surface area contributed by atoms with E-state index in [0.29, 0.717) is 11.6 Å². The van der Waals surface area contributed by atoms with Crippen LogP contribution in [-0.2, 0) is 16.1 Å². The van der Waals surface area contributed by atoms with Crippen LogP contribution >= 0.6 is 0 Å². The van der Waals surface area contributed by atoms with E-state index in [2.05, 4.69) is 10.1 Å². The van der Waals surface area contributed by atoms with Gasteiger partial charge in [-0.05, 0) is 35.4 Å². The molecule has 140 valence electrons. The molecule has 0 saturated heterocycles. The number of carbonyl (C=O) groups is 1. The van der Waals surface area contributed by atoms with E-state index in [0.717, 1.165) is 21.9 Å². The lowest BCUT2D eigenvalue weighted by Gasteiger charge is -2.07. The fraction of sp³-hybridized carbons (Fsp3) is 0.136. The minimum Gasteiger partial charge on any atom is -0.482 e. The Bertz CT molecular complexity index is 1120. The van der Waals surface area contributed by atoms with Crippen molar-refractivity contribution in [2.75, 3.05) is 6.61 Å². The van der Waals surface area contributed by atoms with Crippen LogP contribution in [0.4, 0.5) is 0 Å². The van der Waals surface area contributed by atoms with Crippen molar-refractivity contribution in [2.45, 2.75) is 13.5 Å². The number of hydrogen-bond donors (Lipinski definition) is 0. The van der Waals surface area contributed by atoms with Gasteiger partial charge in [0.1, 0.15) is 5.75 Å². The van der Waals surface area contributed by atoms with Gasteiger partial charge in [0.2, 0.25) is 5.82 Å². The lowest BCUT2D eigenvalue weighted by Crippen LogP contribution is -2.14. The van der Waals surface area contributed by atoms with Gasteiger partial charge in [0.05, 0.1) is 0 Å². The van der Waals surface area contributed by atoms with Gasteiger partial charge in [0, 0.05) is 5.56 Å². The average molecular weight is 374 g/mol. The number of benzene rings is 3. The van der Waals surface area contributed by atoms with Gasteiger partial charge >= 0.3 is 5.97 Å². The molecule has 0 aliphatic rings. The summed E-state index contributed by atoms with van der Waals surface area (Å²) >= 11 is 0. The van der Waals surface area contributed by atoms with E-state index in [1.165, 1.54) is 0 Å². The normalized spacial score (nSPS) is 10.8. The van der Waals surface area contributed by atoms with Crippen molar-refractivity contribution in [3.05, 3.63) is 78.2 Å². The van der Waals surface area contributed by atoms with Crippen LogP contribution < -0.4 is 4.74 Å². The van der Waals surface area contributed by atoms with E-state index in [9.17, 15) is 4.79 Å². The molecule has 3 aromatic carbocycles. The lowest BCUT2D eigenvalue weighted by molar-refractivity contribution is -0.148. The molecule has 1 heterocycles. The van der Waals surface area contributed by atoms with Crippen LogP contribution in [0.5, 0.6) is 5.75 Å². The van der Waals surface area contributed by atoms with Gasteiger partial charge in [0.15, 0.2) is 13.2 Å². The summed E-state index contributed by atoms with van der Waals surface area (Å²) in [5.41, 5.74) is 1.92. The first-order valence-electron chi connectivity index (χ1n) is 8.85. The maximum Gasteiger partial charge on any atom is 0.344 e. The summed E-state index contributed by atoms with van der Waals surface area (Å²) in [6.07, 6.45) is 0. The Labute approximate surface area is 161 Å². The Morgan fingerprint density at radius 1 is 1.00 bits per heavy atom. The number of fused-ring (bicyclic) bond motifs is 1. The number of hydrogen-bond acceptors (Lipinski definition) is 6. The maximum absolute atomic E-state index is 11.9. The Kier molecular flexibility index (Phi) is 5.01. The van der Waals surface area contributed by atoms with Crippen LogP contribution in [0, 0.1) is 6.92 Å². The van der Waals surface area contributed by atoms with Crippen molar-refractivity contribution in [1.82, 2.24) is 10.1 Å². The highest BCUT2D eigenvalue weighted by molar-refractivity contribution is 5.83. The number of ether oxygens (including phenoxy) is 2. The first-order valence-corrected chi connectivity index (χ1v) is 8.85. The third-order valence-electron chi connectivity index (χ3n) is 4.29. The highest BCUT2D eigenvalue weighted by Gasteiger charge is 2.13. The van der Waals surface area contributed by atoms with Gasteiger partial charge in [0.25, 0.3) is 5.89 Å². The molecule has 6 nitrogen and oxygen atoms in total. The summed E-state index contributed by atoms with van der Waals surface area (Å²) in [7, 11) is 0. The van der Waals surface area contributed by atoms with Crippen molar-refractivity contribution < 1.29 is 18.8 Å². The van der Waals surface area contributed by atoms with Gasteiger partial charge < -0.3 is 14.0 Å². The second kappa shape index (κ2) is 7.92. The fourth-order valence-electron chi connectivity index (χ4n) is 2.83. The molecule has 0 radical (unpaired) electrons. The molecule has 4 aromatic rings. The smallest absolute Gasteiger partial charge is 0.344 e. The zero-order chi connectivity index (χ0) is 19.3. The topological polar surface area (TPSA) is 74.5 Å².